The van der Waals surface area contributed by atoms with Crippen molar-refractivity contribution in [3.8, 4) is 0 Å². The van der Waals surface area contributed by atoms with Crippen LogP contribution in [0.25, 0.3) is 0 Å². The summed E-state index contributed by atoms with van der Waals surface area (Å²) < 4.78 is 5.17. The second-order valence-corrected chi connectivity index (χ2v) is 7.77. The summed E-state index contributed by atoms with van der Waals surface area (Å²) in [6, 6.07) is 7.52. The molecule has 6 heteroatoms. The Morgan fingerprint density at radius 2 is 2.00 bits per heavy atom. The lowest BCUT2D eigenvalue weighted by Gasteiger charge is -2.32. The first-order valence-electron chi connectivity index (χ1n) is 8.73. The molecule has 1 aliphatic rings. The van der Waals surface area contributed by atoms with Gasteiger partial charge in [-0.15, -0.1) is 11.3 Å². The normalized spacial score (nSPS) is 16.8. The number of nitrogens with zero attached hydrogens (tertiary/aromatic N) is 1. The molecule has 3 rings (SSSR count). The fourth-order valence-electron chi connectivity index (χ4n) is 3.21. The van der Waals surface area contributed by atoms with Gasteiger partial charge in [0, 0.05) is 23.9 Å². The van der Waals surface area contributed by atoms with Gasteiger partial charge in [-0.25, -0.2) is 0 Å². The van der Waals surface area contributed by atoms with Gasteiger partial charge in [-0.2, -0.15) is 0 Å². The minimum atomic E-state index is -0.0949. The maximum Gasteiger partial charge on any atom is 0.289 e. The van der Waals surface area contributed by atoms with Crippen LogP contribution in [0.2, 0.25) is 0 Å². The topological polar surface area (TPSA) is 62.6 Å². The molecule has 25 heavy (non-hydrogen) atoms. The Morgan fingerprint density at radius 1 is 1.24 bits per heavy atom. The molecule has 1 N–H and O–H groups in total. The molecule has 1 fully saturated rings. The Morgan fingerprint density at radius 3 is 2.56 bits per heavy atom. The van der Waals surface area contributed by atoms with Crippen molar-refractivity contribution < 1.29 is 14.0 Å². The van der Waals surface area contributed by atoms with E-state index >= 15 is 0 Å². The second-order valence-electron chi connectivity index (χ2n) is 6.79. The number of amides is 2. The maximum absolute atomic E-state index is 12.7. The first kappa shape index (κ1) is 17.7. The average molecular weight is 360 g/mol. The van der Waals surface area contributed by atoms with E-state index in [-0.39, 0.29) is 23.8 Å². The Hall–Kier alpha value is -2.08. The molecule has 3 heterocycles. The summed E-state index contributed by atoms with van der Waals surface area (Å²) in [4.78, 5) is 27.9. The number of likely N-dealkylation sites (tertiary alicyclic amines) is 1. The van der Waals surface area contributed by atoms with Gasteiger partial charge in [-0.3, -0.25) is 9.59 Å². The molecule has 0 aliphatic carbocycles. The van der Waals surface area contributed by atoms with Crippen LogP contribution in [-0.4, -0.2) is 29.8 Å². The van der Waals surface area contributed by atoms with Gasteiger partial charge in [0.15, 0.2) is 5.76 Å². The highest BCUT2D eigenvalue weighted by Gasteiger charge is 2.30. The van der Waals surface area contributed by atoms with Crippen molar-refractivity contribution in [1.29, 1.82) is 0 Å². The molecule has 0 bridgehead atoms. The Labute approximate surface area is 152 Å². The van der Waals surface area contributed by atoms with Gasteiger partial charge in [-0.1, -0.05) is 19.9 Å². The summed E-state index contributed by atoms with van der Waals surface area (Å²) in [5.41, 5.74) is 0. The summed E-state index contributed by atoms with van der Waals surface area (Å²) in [6.07, 6.45) is 2.88. The number of carbonyl (C=O) groups excluding carboxylic acids is 2. The standard InChI is InChI=1S/C19H24N2O3S/c1-13(2)17(16-6-4-12-25-16)20-18(22)14-7-9-21(10-8-14)19(23)15-5-3-11-24-15/h3-6,11-14,17H,7-10H2,1-2H3,(H,20,22). The van der Waals surface area contributed by atoms with Crippen LogP contribution < -0.4 is 5.32 Å². The summed E-state index contributed by atoms with van der Waals surface area (Å²) in [5.74, 6) is 0.658. The van der Waals surface area contributed by atoms with Crippen LogP contribution >= 0.6 is 11.3 Å². The van der Waals surface area contributed by atoms with Crippen molar-refractivity contribution >= 4 is 23.2 Å². The summed E-state index contributed by atoms with van der Waals surface area (Å²) in [7, 11) is 0. The van der Waals surface area contributed by atoms with Crippen LogP contribution in [0, 0.1) is 11.8 Å². The third-order valence-corrected chi connectivity index (χ3v) is 5.65. The molecule has 5 nitrogen and oxygen atoms in total. The van der Waals surface area contributed by atoms with Gasteiger partial charge in [0.1, 0.15) is 0 Å². The van der Waals surface area contributed by atoms with Gasteiger partial charge >= 0.3 is 0 Å². The average Bonchev–Trinajstić information content (AvgIpc) is 3.32. The SMILES string of the molecule is CC(C)C(NC(=O)C1CCN(C(=O)c2ccco2)CC1)c1cccs1. The predicted octanol–water partition coefficient (Wildman–Crippen LogP) is 3.71. The molecule has 1 unspecified atom stereocenters. The van der Waals surface area contributed by atoms with Crippen LogP contribution in [0.3, 0.4) is 0 Å². The molecule has 2 aromatic heterocycles. The first-order valence-corrected chi connectivity index (χ1v) is 9.60. The molecule has 0 radical (unpaired) electrons. The molecule has 2 aromatic rings. The lowest BCUT2D eigenvalue weighted by molar-refractivity contribution is -0.127. The van der Waals surface area contributed by atoms with E-state index in [1.807, 2.05) is 11.4 Å². The van der Waals surface area contributed by atoms with E-state index in [1.165, 1.54) is 11.1 Å². The summed E-state index contributed by atoms with van der Waals surface area (Å²) in [6.45, 7) is 5.41. The Kier molecular flexibility index (Phi) is 5.58. The molecule has 0 saturated carbocycles. The highest BCUT2D eigenvalue weighted by molar-refractivity contribution is 7.10. The summed E-state index contributed by atoms with van der Waals surface area (Å²) >= 11 is 1.67. The van der Waals surface area contributed by atoms with E-state index in [4.69, 9.17) is 4.42 Å². The van der Waals surface area contributed by atoms with Crippen molar-refractivity contribution in [2.45, 2.75) is 32.7 Å². The molecule has 134 valence electrons. The van der Waals surface area contributed by atoms with Crippen molar-refractivity contribution in [3.05, 3.63) is 46.5 Å². The second kappa shape index (κ2) is 7.87. The van der Waals surface area contributed by atoms with Crippen LogP contribution in [-0.2, 0) is 4.79 Å². The number of hydrogen-bond donors (Lipinski definition) is 1. The van der Waals surface area contributed by atoms with E-state index in [0.29, 0.717) is 37.6 Å². The van der Waals surface area contributed by atoms with E-state index < -0.39 is 0 Å². The smallest absolute Gasteiger partial charge is 0.289 e. The maximum atomic E-state index is 12.7. The number of thiophene rings is 1. The molecular formula is C19H24N2O3S. The molecule has 0 spiro atoms. The molecule has 2 amide bonds. The molecule has 1 atom stereocenters. The third-order valence-electron chi connectivity index (χ3n) is 4.70. The lowest BCUT2D eigenvalue weighted by Crippen LogP contribution is -2.44. The van der Waals surface area contributed by atoms with E-state index in [9.17, 15) is 9.59 Å². The zero-order valence-corrected chi connectivity index (χ0v) is 15.4. The fourth-order valence-corrected chi connectivity index (χ4v) is 4.16. The first-order chi connectivity index (χ1) is 12.1. The number of rotatable bonds is 5. The van der Waals surface area contributed by atoms with Crippen molar-refractivity contribution in [2.75, 3.05) is 13.1 Å². The van der Waals surface area contributed by atoms with Crippen LogP contribution in [0.15, 0.2) is 40.3 Å². The Bertz CT molecular complexity index is 686. The minimum Gasteiger partial charge on any atom is -0.459 e. The van der Waals surface area contributed by atoms with E-state index in [0.717, 1.165) is 0 Å². The monoisotopic (exact) mass is 360 g/mol. The quantitative estimate of drug-likeness (QED) is 0.884. The highest BCUT2D eigenvalue weighted by Crippen LogP contribution is 2.27. The van der Waals surface area contributed by atoms with Crippen LogP contribution in [0.1, 0.15) is 48.2 Å². The lowest BCUT2D eigenvalue weighted by atomic mass is 9.94. The number of nitrogens with one attached hydrogen (secondary N) is 1. The van der Waals surface area contributed by atoms with E-state index in [2.05, 4.69) is 25.2 Å². The molecule has 1 saturated heterocycles. The summed E-state index contributed by atoms with van der Waals surface area (Å²) in [5, 5.41) is 5.25. The zero-order chi connectivity index (χ0) is 17.8. The van der Waals surface area contributed by atoms with Crippen molar-refractivity contribution in [3.63, 3.8) is 0 Å². The van der Waals surface area contributed by atoms with E-state index in [1.54, 1.807) is 28.4 Å². The van der Waals surface area contributed by atoms with Crippen LogP contribution in [0.4, 0.5) is 0 Å². The van der Waals surface area contributed by atoms with Gasteiger partial charge in [0.25, 0.3) is 5.91 Å². The number of piperidine rings is 1. The number of hydrogen-bond acceptors (Lipinski definition) is 4. The predicted molar refractivity (Wildman–Crippen MR) is 97.4 cm³/mol. The van der Waals surface area contributed by atoms with Crippen LogP contribution in [0.5, 0.6) is 0 Å². The third kappa shape index (κ3) is 4.12. The van der Waals surface area contributed by atoms with Gasteiger partial charge in [-0.05, 0) is 42.3 Å². The molecule has 0 aromatic carbocycles. The number of furan rings is 1. The van der Waals surface area contributed by atoms with Gasteiger partial charge < -0.3 is 14.6 Å². The number of carbonyl (C=O) groups is 2. The molecular weight excluding hydrogens is 336 g/mol. The zero-order valence-electron chi connectivity index (χ0n) is 14.6. The fraction of sp³-hybridized carbons (Fsp3) is 0.474. The largest absolute Gasteiger partial charge is 0.459 e. The highest BCUT2D eigenvalue weighted by atomic mass is 32.1. The Balaban J connectivity index is 1.55. The van der Waals surface area contributed by atoms with Gasteiger partial charge in [0.2, 0.25) is 5.91 Å². The molecule has 1 aliphatic heterocycles. The van der Waals surface area contributed by atoms with Crippen molar-refractivity contribution in [2.24, 2.45) is 11.8 Å². The van der Waals surface area contributed by atoms with Crippen molar-refractivity contribution in [1.82, 2.24) is 10.2 Å². The minimum absolute atomic E-state index is 0.0399. The van der Waals surface area contributed by atoms with Gasteiger partial charge in [0.05, 0.1) is 12.3 Å².